The van der Waals surface area contributed by atoms with Crippen molar-refractivity contribution in [3.63, 3.8) is 0 Å². The summed E-state index contributed by atoms with van der Waals surface area (Å²) < 4.78 is 0. The van der Waals surface area contributed by atoms with E-state index in [1.165, 1.54) is 0 Å². The predicted octanol–water partition coefficient (Wildman–Crippen LogP) is 3.33. The standard InChI is InChI=1S/C21H21N3O2/c1-14-6-8-15(9-7-14)19(25)16-10-12-24(13-11-16)21-22-18-5-3-2-4-17(18)20(26)23-21/h2-9,16H,10-13H2,1H3,(H,22,23,26). The number of fused-ring (bicyclic) bond motifs is 1. The normalized spacial score (nSPS) is 15.3. The fraction of sp³-hybridized carbons (Fsp3) is 0.286. The number of aromatic nitrogens is 2. The third-order valence-corrected chi connectivity index (χ3v) is 5.10. The largest absolute Gasteiger partial charge is 0.342 e. The van der Waals surface area contributed by atoms with E-state index in [1.54, 1.807) is 6.07 Å². The van der Waals surface area contributed by atoms with Gasteiger partial charge in [0, 0.05) is 24.6 Å². The maximum Gasteiger partial charge on any atom is 0.260 e. The van der Waals surface area contributed by atoms with Gasteiger partial charge in [-0.3, -0.25) is 14.6 Å². The zero-order valence-corrected chi connectivity index (χ0v) is 14.7. The molecule has 132 valence electrons. The molecule has 0 spiro atoms. The topological polar surface area (TPSA) is 66.1 Å². The van der Waals surface area contributed by atoms with E-state index in [4.69, 9.17) is 0 Å². The zero-order chi connectivity index (χ0) is 18.1. The second kappa shape index (κ2) is 6.75. The van der Waals surface area contributed by atoms with Gasteiger partial charge in [-0.15, -0.1) is 0 Å². The molecule has 0 saturated carbocycles. The van der Waals surface area contributed by atoms with E-state index in [0.717, 1.165) is 24.0 Å². The number of Topliss-reactive ketones (excluding diaryl/α,β-unsaturated/α-hetero) is 1. The van der Waals surface area contributed by atoms with Crippen molar-refractivity contribution >= 4 is 22.6 Å². The first-order chi connectivity index (χ1) is 12.6. The Morgan fingerprint density at radius 2 is 1.77 bits per heavy atom. The number of hydrogen-bond acceptors (Lipinski definition) is 4. The minimum absolute atomic E-state index is 0.0288. The molecular formula is C21H21N3O2. The number of hydrogen-bond donors (Lipinski definition) is 1. The van der Waals surface area contributed by atoms with E-state index >= 15 is 0 Å². The molecule has 3 aromatic rings. The molecule has 5 heteroatoms. The Bertz CT molecular complexity index is 1000. The van der Waals surface area contributed by atoms with Gasteiger partial charge >= 0.3 is 0 Å². The lowest BCUT2D eigenvalue weighted by molar-refractivity contribution is 0.0900. The van der Waals surface area contributed by atoms with Crippen LogP contribution in [0.1, 0.15) is 28.8 Å². The summed E-state index contributed by atoms with van der Waals surface area (Å²) in [6.07, 6.45) is 1.53. The summed E-state index contributed by atoms with van der Waals surface area (Å²) in [5.74, 6) is 0.834. The van der Waals surface area contributed by atoms with Crippen LogP contribution in [0.2, 0.25) is 0 Å². The molecular weight excluding hydrogens is 326 g/mol. The molecule has 1 saturated heterocycles. The fourth-order valence-electron chi connectivity index (χ4n) is 3.53. The number of ketones is 1. The number of aryl methyl sites for hydroxylation is 1. The minimum Gasteiger partial charge on any atom is -0.342 e. The SMILES string of the molecule is Cc1ccc(C(=O)C2CCN(c3nc4ccccc4c(=O)[nH]3)CC2)cc1. The van der Waals surface area contributed by atoms with E-state index in [9.17, 15) is 9.59 Å². The van der Waals surface area contributed by atoms with Crippen molar-refractivity contribution < 1.29 is 4.79 Å². The summed E-state index contributed by atoms with van der Waals surface area (Å²) in [4.78, 5) is 34.5. The third-order valence-electron chi connectivity index (χ3n) is 5.10. The van der Waals surface area contributed by atoms with Gasteiger partial charge in [-0.25, -0.2) is 4.98 Å². The van der Waals surface area contributed by atoms with Crippen molar-refractivity contribution in [3.8, 4) is 0 Å². The highest BCUT2D eigenvalue weighted by Crippen LogP contribution is 2.24. The number of aromatic amines is 1. The molecule has 4 rings (SSSR count). The number of H-pyrrole nitrogens is 1. The quantitative estimate of drug-likeness (QED) is 0.738. The molecule has 0 atom stereocenters. The van der Waals surface area contributed by atoms with Gasteiger partial charge in [0.2, 0.25) is 5.95 Å². The first-order valence-corrected chi connectivity index (χ1v) is 8.97. The average Bonchev–Trinajstić information content (AvgIpc) is 2.68. The number of para-hydroxylation sites is 1. The van der Waals surface area contributed by atoms with Crippen LogP contribution in [-0.4, -0.2) is 28.8 Å². The first-order valence-electron chi connectivity index (χ1n) is 8.97. The summed E-state index contributed by atoms with van der Waals surface area (Å²) in [5.41, 5.74) is 2.52. The van der Waals surface area contributed by atoms with Crippen molar-refractivity contribution in [3.05, 3.63) is 70.0 Å². The summed E-state index contributed by atoms with van der Waals surface area (Å²) in [6.45, 7) is 3.44. The highest BCUT2D eigenvalue weighted by Gasteiger charge is 2.26. The maximum absolute atomic E-state index is 12.7. The van der Waals surface area contributed by atoms with Crippen molar-refractivity contribution in [2.45, 2.75) is 19.8 Å². The monoisotopic (exact) mass is 347 g/mol. The molecule has 1 aliphatic rings. The Kier molecular flexibility index (Phi) is 4.29. The number of carbonyl (C=O) groups excluding carboxylic acids is 1. The van der Waals surface area contributed by atoms with E-state index in [-0.39, 0.29) is 17.3 Å². The lowest BCUT2D eigenvalue weighted by atomic mass is 9.89. The minimum atomic E-state index is -0.122. The van der Waals surface area contributed by atoms with E-state index in [2.05, 4.69) is 14.9 Å². The Labute approximate surface area is 151 Å². The number of nitrogens with one attached hydrogen (secondary N) is 1. The van der Waals surface area contributed by atoms with Crippen molar-refractivity contribution in [2.75, 3.05) is 18.0 Å². The van der Waals surface area contributed by atoms with Crippen LogP contribution in [0.5, 0.6) is 0 Å². The van der Waals surface area contributed by atoms with Crippen LogP contribution < -0.4 is 10.5 Å². The van der Waals surface area contributed by atoms with E-state index in [1.807, 2.05) is 49.4 Å². The number of anilines is 1. The third kappa shape index (κ3) is 3.12. The predicted molar refractivity (Wildman–Crippen MR) is 103 cm³/mol. The van der Waals surface area contributed by atoms with Gasteiger partial charge < -0.3 is 4.90 Å². The van der Waals surface area contributed by atoms with Crippen molar-refractivity contribution in [2.24, 2.45) is 5.92 Å². The number of piperidine rings is 1. The van der Waals surface area contributed by atoms with Gasteiger partial charge in [0.15, 0.2) is 5.78 Å². The zero-order valence-electron chi connectivity index (χ0n) is 14.7. The molecule has 0 amide bonds. The molecule has 0 unspecified atom stereocenters. The highest BCUT2D eigenvalue weighted by atomic mass is 16.1. The molecule has 2 heterocycles. The molecule has 26 heavy (non-hydrogen) atoms. The van der Waals surface area contributed by atoms with E-state index in [0.29, 0.717) is 29.9 Å². The van der Waals surface area contributed by atoms with Crippen LogP contribution in [0.3, 0.4) is 0 Å². The number of carbonyl (C=O) groups is 1. The van der Waals surface area contributed by atoms with Crippen LogP contribution in [0, 0.1) is 12.8 Å². The Hall–Kier alpha value is -2.95. The summed E-state index contributed by atoms with van der Waals surface area (Å²) >= 11 is 0. The van der Waals surface area contributed by atoms with Gasteiger partial charge in [0.25, 0.3) is 5.56 Å². The number of benzene rings is 2. The Morgan fingerprint density at radius 3 is 2.50 bits per heavy atom. The fourth-order valence-corrected chi connectivity index (χ4v) is 3.53. The summed E-state index contributed by atoms with van der Waals surface area (Å²) in [7, 11) is 0. The van der Waals surface area contributed by atoms with Gasteiger partial charge in [-0.2, -0.15) is 0 Å². The molecule has 1 N–H and O–H groups in total. The van der Waals surface area contributed by atoms with E-state index < -0.39 is 0 Å². The van der Waals surface area contributed by atoms with Gasteiger partial charge in [-0.05, 0) is 31.9 Å². The van der Waals surface area contributed by atoms with Gasteiger partial charge in [0.1, 0.15) is 0 Å². The van der Waals surface area contributed by atoms with Crippen LogP contribution in [0.25, 0.3) is 10.9 Å². The molecule has 5 nitrogen and oxygen atoms in total. The van der Waals surface area contributed by atoms with Crippen LogP contribution in [0.15, 0.2) is 53.3 Å². The van der Waals surface area contributed by atoms with Crippen LogP contribution in [-0.2, 0) is 0 Å². The molecule has 1 fully saturated rings. The Balaban J connectivity index is 1.49. The second-order valence-electron chi connectivity index (χ2n) is 6.90. The molecule has 1 aromatic heterocycles. The van der Waals surface area contributed by atoms with Gasteiger partial charge in [-0.1, -0.05) is 42.0 Å². The lowest BCUT2D eigenvalue weighted by Gasteiger charge is -2.31. The van der Waals surface area contributed by atoms with Gasteiger partial charge in [0.05, 0.1) is 10.9 Å². The highest BCUT2D eigenvalue weighted by molar-refractivity contribution is 5.98. The molecule has 0 bridgehead atoms. The van der Waals surface area contributed by atoms with Crippen molar-refractivity contribution in [1.82, 2.24) is 9.97 Å². The van der Waals surface area contributed by atoms with Crippen LogP contribution >= 0.6 is 0 Å². The lowest BCUT2D eigenvalue weighted by Crippen LogP contribution is -2.38. The average molecular weight is 347 g/mol. The van der Waals surface area contributed by atoms with Crippen LogP contribution in [0.4, 0.5) is 5.95 Å². The number of rotatable bonds is 3. The summed E-state index contributed by atoms with van der Waals surface area (Å²) in [5, 5.41) is 0.598. The molecule has 0 radical (unpaired) electrons. The first kappa shape index (κ1) is 16.5. The summed E-state index contributed by atoms with van der Waals surface area (Å²) in [6, 6.07) is 15.1. The van der Waals surface area contributed by atoms with Crippen molar-refractivity contribution in [1.29, 1.82) is 0 Å². The number of nitrogens with zero attached hydrogens (tertiary/aromatic N) is 2. The molecule has 1 aliphatic heterocycles. The second-order valence-corrected chi connectivity index (χ2v) is 6.90. The Morgan fingerprint density at radius 1 is 1.08 bits per heavy atom. The smallest absolute Gasteiger partial charge is 0.260 e. The molecule has 0 aliphatic carbocycles. The molecule has 2 aromatic carbocycles. The maximum atomic E-state index is 12.7.